The van der Waals surface area contributed by atoms with Crippen LogP contribution in [0.15, 0.2) is 30.7 Å². The molecule has 5 rings (SSSR count). The molecule has 0 unspecified atom stereocenters. The number of fused-ring (bicyclic) bond motifs is 2. The van der Waals surface area contributed by atoms with Crippen LogP contribution in [0.5, 0.6) is 11.6 Å². The Labute approximate surface area is 257 Å². The molecule has 5 heterocycles. The van der Waals surface area contributed by atoms with Crippen molar-refractivity contribution in [1.82, 2.24) is 29.0 Å². The molecule has 1 aliphatic heterocycles. The second kappa shape index (κ2) is 11.6. The summed E-state index contributed by atoms with van der Waals surface area (Å²) in [6.07, 6.45) is 3.63. The van der Waals surface area contributed by atoms with Crippen molar-refractivity contribution in [2.45, 2.75) is 91.5 Å². The van der Waals surface area contributed by atoms with Crippen molar-refractivity contribution in [3.63, 3.8) is 0 Å². The van der Waals surface area contributed by atoms with Crippen LogP contribution in [0.2, 0.25) is 0 Å². The molecule has 4 aromatic heterocycles. The molecule has 12 heteroatoms. The molecule has 236 valence electrons. The molecule has 0 spiro atoms. The van der Waals surface area contributed by atoms with Gasteiger partial charge in [-0.15, -0.1) is 0 Å². The average Bonchev–Trinajstić information content (AvgIpc) is 3.53. The standard InChI is InChI=1S/C32H42N6O6/c1-19(2)25-26-22(10-11-24(35-26)42-21-12-14-36(15-13-21)29(39)43-31(3,4)5)38(30(40)44-32(6,7)8)27(25)20-16-23(41-9)28-33-18-34-37(28)17-20/h10-11,16-19,21H,12-15H2,1-9H3. The third-order valence-corrected chi connectivity index (χ3v) is 7.19. The summed E-state index contributed by atoms with van der Waals surface area (Å²) in [4.78, 5) is 37.3. The number of piperidine rings is 1. The third-order valence-electron chi connectivity index (χ3n) is 7.19. The molecule has 0 N–H and O–H groups in total. The largest absolute Gasteiger partial charge is 0.493 e. The highest BCUT2D eigenvalue weighted by atomic mass is 16.6. The minimum absolute atomic E-state index is 0.0200. The summed E-state index contributed by atoms with van der Waals surface area (Å²) in [5.74, 6) is 0.950. The molecule has 1 aliphatic rings. The van der Waals surface area contributed by atoms with E-state index in [9.17, 15) is 9.59 Å². The molecule has 1 amide bonds. The number of hydrogen-bond acceptors (Lipinski definition) is 9. The Bertz CT molecular complexity index is 1690. The van der Waals surface area contributed by atoms with Crippen molar-refractivity contribution in [1.29, 1.82) is 0 Å². The van der Waals surface area contributed by atoms with Gasteiger partial charge < -0.3 is 23.8 Å². The number of pyridine rings is 2. The highest BCUT2D eigenvalue weighted by molar-refractivity contribution is 5.98. The number of likely N-dealkylation sites (tertiary alicyclic amines) is 1. The Morgan fingerprint density at radius 1 is 0.977 bits per heavy atom. The number of rotatable bonds is 5. The van der Waals surface area contributed by atoms with Crippen molar-refractivity contribution in [3.8, 4) is 22.9 Å². The zero-order chi connectivity index (χ0) is 32.0. The highest BCUT2D eigenvalue weighted by Crippen LogP contribution is 2.40. The van der Waals surface area contributed by atoms with Gasteiger partial charge in [-0.2, -0.15) is 5.10 Å². The first-order valence-electron chi connectivity index (χ1n) is 15.0. The summed E-state index contributed by atoms with van der Waals surface area (Å²) in [5, 5.41) is 4.32. The molecular formula is C32H42N6O6. The van der Waals surface area contributed by atoms with Crippen LogP contribution in [0, 0.1) is 0 Å². The monoisotopic (exact) mass is 606 g/mol. The molecule has 1 fully saturated rings. The maximum atomic E-state index is 13.8. The zero-order valence-corrected chi connectivity index (χ0v) is 27.0. The van der Waals surface area contributed by atoms with E-state index >= 15 is 0 Å². The van der Waals surface area contributed by atoms with E-state index < -0.39 is 17.3 Å². The quantitative estimate of drug-likeness (QED) is 0.253. The van der Waals surface area contributed by atoms with E-state index in [4.69, 9.17) is 23.9 Å². The lowest BCUT2D eigenvalue weighted by molar-refractivity contribution is 0.0123. The fraction of sp³-hybridized carbons (Fsp3) is 0.531. The van der Waals surface area contributed by atoms with Crippen LogP contribution in [0.3, 0.4) is 0 Å². The van der Waals surface area contributed by atoms with Gasteiger partial charge in [-0.1, -0.05) is 13.8 Å². The Morgan fingerprint density at radius 2 is 1.64 bits per heavy atom. The predicted octanol–water partition coefficient (Wildman–Crippen LogP) is 6.44. The maximum absolute atomic E-state index is 13.8. The predicted molar refractivity (Wildman–Crippen MR) is 165 cm³/mol. The van der Waals surface area contributed by atoms with Gasteiger partial charge in [-0.3, -0.25) is 0 Å². The van der Waals surface area contributed by atoms with Gasteiger partial charge in [0.25, 0.3) is 0 Å². The summed E-state index contributed by atoms with van der Waals surface area (Å²) in [6, 6.07) is 5.47. The Kier molecular flexibility index (Phi) is 8.21. The molecule has 0 bridgehead atoms. The van der Waals surface area contributed by atoms with Crippen LogP contribution >= 0.6 is 0 Å². The number of carbonyl (C=O) groups is 2. The number of ether oxygens (including phenoxy) is 4. The van der Waals surface area contributed by atoms with Crippen LogP contribution in [0.25, 0.3) is 27.9 Å². The summed E-state index contributed by atoms with van der Waals surface area (Å²) in [6.45, 7) is 16.3. The van der Waals surface area contributed by atoms with Gasteiger partial charge in [0.15, 0.2) is 11.4 Å². The Hall–Kier alpha value is -4.35. The van der Waals surface area contributed by atoms with Gasteiger partial charge in [0.05, 0.1) is 23.8 Å². The lowest BCUT2D eigenvalue weighted by atomic mass is 9.98. The van der Waals surface area contributed by atoms with Gasteiger partial charge in [0.1, 0.15) is 23.6 Å². The summed E-state index contributed by atoms with van der Waals surface area (Å²) >= 11 is 0. The molecule has 4 aromatic rings. The lowest BCUT2D eigenvalue weighted by Crippen LogP contribution is -2.44. The number of carbonyl (C=O) groups excluding carboxylic acids is 2. The molecule has 1 saturated heterocycles. The second-order valence-electron chi connectivity index (χ2n) is 13.4. The molecule has 0 saturated carbocycles. The number of methoxy groups -OCH3 is 1. The Morgan fingerprint density at radius 3 is 2.25 bits per heavy atom. The molecule has 0 radical (unpaired) electrons. The molecule has 12 nitrogen and oxygen atoms in total. The molecule has 0 atom stereocenters. The molecule has 0 aromatic carbocycles. The van der Waals surface area contributed by atoms with Gasteiger partial charge in [0.2, 0.25) is 5.88 Å². The minimum Gasteiger partial charge on any atom is -0.493 e. The fourth-order valence-corrected chi connectivity index (χ4v) is 5.39. The van der Waals surface area contributed by atoms with Crippen LogP contribution in [0.1, 0.15) is 79.7 Å². The van der Waals surface area contributed by atoms with E-state index in [1.165, 1.54) is 6.33 Å². The number of nitrogens with zero attached hydrogens (tertiary/aromatic N) is 6. The van der Waals surface area contributed by atoms with Gasteiger partial charge >= 0.3 is 12.2 Å². The summed E-state index contributed by atoms with van der Waals surface area (Å²) in [5.41, 5.74) is 2.73. The van der Waals surface area contributed by atoms with Crippen molar-refractivity contribution in [2.75, 3.05) is 20.2 Å². The minimum atomic E-state index is -0.721. The zero-order valence-electron chi connectivity index (χ0n) is 27.0. The maximum Gasteiger partial charge on any atom is 0.419 e. The topological polar surface area (TPSA) is 122 Å². The third kappa shape index (κ3) is 6.44. The molecule has 44 heavy (non-hydrogen) atoms. The van der Waals surface area contributed by atoms with Gasteiger partial charge in [0, 0.05) is 49.3 Å². The second-order valence-corrected chi connectivity index (χ2v) is 13.4. The Balaban J connectivity index is 1.55. The normalized spacial score (nSPS) is 14.8. The van der Waals surface area contributed by atoms with E-state index in [1.54, 1.807) is 27.2 Å². The highest BCUT2D eigenvalue weighted by Gasteiger charge is 2.31. The van der Waals surface area contributed by atoms with Crippen molar-refractivity contribution < 1.29 is 28.5 Å². The number of amides is 1. The van der Waals surface area contributed by atoms with E-state index in [-0.39, 0.29) is 18.1 Å². The van der Waals surface area contributed by atoms with Gasteiger partial charge in [-0.25, -0.2) is 28.6 Å². The smallest absolute Gasteiger partial charge is 0.419 e. The van der Waals surface area contributed by atoms with Crippen LogP contribution in [-0.2, 0) is 9.47 Å². The fourth-order valence-electron chi connectivity index (χ4n) is 5.39. The molecular weight excluding hydrogens is 564 g/mol. The van der Waals surface area contributed by atoms with E-state index in [2.05, 4.69) is 23.9 Å². The van der Waals surface area contributed by atoms with E-state index in [1.807, 2.05) is 59.9 Å². The average molecular weight is 607 g/mol. The first-order chi connectivity index (χ1) is 20.6. The molecule has 0 aliphatic carbocycles. The summed E-state index contributed by atoms with van der Waals surface area (Å²) < 4.78 is 26.6. The SMILES string of the molecule is COc1cc(-c2c(C(C)C)c3nc(OC4CCN(C(=O)OC(C)(C)C)CC4)ccc3n2C(=O)OC(C)(C)C)cn2ncnc12. The first-order valence-corrected chi connectivity index (χ1v) is 15.0. The van der Waals surface area contributed by atoms with Crippen molar-refractivity contribution in [3.05, 3.63) is 36.3 Å². The van der Waals surface area contributed by atoms with Crippen molar-refractivity contribution in [2.24, 2.45) is 0 Å². The summed E-state index contributed by atoms with van der Waals surface area (Å²) in [7, 11) is 1.57. The van der Waals surface area contributed by atoms with E-state index in [0.29, 0.717) is 65.5 Å². The van der Waals surface area contributed by atoms with Crippen LogP contribution in [0.4, 0.5) is 9.59 Å². The van der Waals surface area contributed by atoms with Crippen molar-refractivity contribution >= 4 is 28.9 Å². The van der Waals surface area contributed by atoms with Crippen LogP contribution < -0.4 is 9.47 Å². The van der Waals surface area contributed by atoms with E-state index in [0.717, 1.165) is 5.56 Å². The number of aromatic nitrogens is 5. The van der Waals surface area contributed by atoms with Crippen LogP contribution in [-0.4, -0.2) is 78.7 Å². The number of hydrogen-bond donors (Lipinski definition) is 0. The first kappa shape index (κ1) is 31.1. The lowest BCUT2D eigenvalue weighted by Gasteiger charge is -2.33. The van der Waals surface area contributed by atoms with Gasteiger partial charge in [-0.05, 0) is 59.6 Å².